The van der Waals surface area contributed by atoms with Crippen molar-refractivity contribution in [1.82, 2.24) is 4.98 Å². The Hall–Kier alpha value is -1.62. The largest absolute Gasteiger partial charge is 0.478 e. The molecule has 0 saturated heterocycles. The second kappa shape index (κ2) is 5.57. The summed E-state index contributed by atoms with van der Waals surface area (Å²) in [6.07, 6.45) is 6.81. The van der Waals surface area contributed by atoms with Crippen molar-refractivity contribution in [2.24, 2.45) is 5.92 Å². The number of hydrogen-bond acceptors (Lipinski definition) is 4. The minimum absolute atomic E-state index is 0.0126. The van der Waals surface area contributed by atoms with Gasteiger partial charge >= 0.3 is 5.97 Å². The standard InChI is InChI=1S/C14H20N2O3/c1-10-3-2-5-14(7-10,9-17)16-12-4-6-15-8-11(12)13(18)19/h4,6,8,10,17H,2-3,5,7,9H2,1H3,(H,15,16)(H,18,19). The summed E-state index contributed by atoms with van der Waals surface area (Å²) < 4.78 is 0. The maximum atomic E-state index is 11.2. The van der Waals surface area contributed by atoms with Crippen LogP contribution in [0.2, 0.25) is 0 Å². The third-order valence-electron chi connectivity index (χ3n) is 3.85. The first-order valence-corrected chi connectivity index (χ1v) is 6.63. The third kappa shape index (κ3) is 3.04. The Bertz CT molecular complexity index is 464. The summed E-state index contributed by atoms with van der Waals surface area (Å²) in [4.78, 5) is 15.0. The summed E-state index contributed by atoms with van der Waals surface area (Å²) >= 11 is 0. The number of pyridine rings is 1. The zero-order valence-corrected chi connectivity index (χ0v) is 11.1. The fraction of sp³-hybridized carbons (Fsp3) is 0.571. The molecule has 1 saturated carbocycles. The number of rotatable bonds is 4. The van der Waals surface area contributed by atoms with E-state index in [4.69, 9.17) is 5.11 Å². The number of nitrogens with one attached hydrogen (secondary N) is 1. The van der Waals surface area contributed by atoms with Gasteiger partial charge in [-0.2, -0.15) is 0 Å². The second-order valence-electron chi connectivity index (χ2n) is 5.49. The highest BCUT2D eigenvalue weighted by atomic mass is 16.4. The molecule has 0 amide bonds. The highest BCUT2D eigenvalue weighted by Gasteiger charge is 2.35. The van der Waals surface area contributed by atoms with E-state index in [0.717, 1.165) is 25.7 Å². The Morgan fingerprint density at radius 2 is 2.42 bits per heavy atom. The lowest BCUT2D eigenvalue weighted by molar-refractivity contribution is 0.0697. The van der Waals surface area contributed by atoms with E-state index in [-0.39, 0.29) is 12.2 Å². The lowest BCUT2D eigenvalue weighted by Crippen LogP contribution is -2.46. The molecule has 5 nitrogen and oxygen atoms in total. The van der Waals surface area contributed by atoms with E-state index < -0.39 is 11.5 Å². The Morgan fingerprint density at radius 3 is 3.05 bits per heavy atom. The molecule has 1 aromatic heterocycles. The fourth-order valence-electron chi connectivity index (χ4n) is 2.92. The summed E-state index contributed by atoms with van der Waals surface area (Å²) in [5.41, 5.74) is 0.266. The maximum absolute atomic E-state index is 11.2. The molecule has 0 aliphatic heterocycles. The number of nitrogens with zero attached hydrogens (tertiary/aromatic N) is 1. The summed E-state index contributed by atoms with van der Waals surface area (Å²) in [5.74, 6) is -0.476. The van der Waals surface area contributed by atoms with E-state index in [1.165, 1.54) is 6.20 Å². The number of anilines is 1. The molecule has 2 unspecified atom stereocenters. The van der Waals surface area contributed by atoms with Crippen LogP contribution in [0.1, 0.15) is 43.0 Å². The lowest BCUT2D eigenvalue weighted by atomic mass is 9.76. The van der Waals surface area contributed by atoms with Crippen LogP contribution in [0.5, 0.6) is 0 Å². The van der Waals surface area contributed by atoms with Crippen LogP contribution in [-0.2, 0) is 0 Å². The maximum Gasteiger partial charge on any atom is 0.339 e. The van der Waals surface area contributed by atoms with Crippen LogP contribution >= 0.6 is 0 Å². The van der Waals surface area contributed by atoms with Crippen molar-refractivity contribution in [2.45, 2.75) is 38.1 Å². The van der Waals surface area contributed by atoms with Gasteiger partial charge in [0.15, 0.2) is 0 Å². The molecule has 104 valence electrons. The van der Waals surface area contributed by atoms with Crippen molar-refractivity contribution in [3.05, 3.63) is 24.0 Å². The van der Waals surface area contributed by atoms with Crippen LogP contribution in [0.25, 0.3) is 0 Å². The molecule has 1 aromatic rings. The number of aliphatic hydroxyl groups is 1. The van der Waals surface area contributed by atoms with Gasteiger partial charge in [0.25, 0.3) is 0 Å². The summed E-state index contributed by atoms with van der Waals surface area (Å²) in [6, 6.07) is 1.65. The van der Waals surface area contributed by atoms with Crippen LogP contribution in [0, 0.1) is 5.92 Å². The minimum atomic E-state index is -1.01. The van der Waals surface area contributed by atoms with E-state index in [1.807, 2.05) is 0 Å². The second-order valence-corrected chi connectivity index (χ2v) is 5.49. The molecule has 2 atom stereocenters. The number of hydrogen-bond donors (Lipinski definition) is 3. The molecule has 3 N–H and O–H groups in total. The van der Waals surface area contributed by atoms with E-state index in [2.05, 4.69) is 17.2 Å². The van der Waals surface area contributed by atoms with Crippen molar-refractivity contribution in [1.29, 1.82) is 0 Å². The van der Waals surface area contributed by atoms with Crippen molar-refractivity contribution in [3.63, 3.8) is 0 Å². The molecule has 0 bridgehead atoms. The molecule has 19 heavy (non-hydrogen) atoms. The van der Waals surface area contributed by atoms with E-state index >= 15 is 0 Å². The van der Waals surface area contributed by atoms with Gasteiger partial charge in [-0.3, -0.25) is 4.98 Å². The highest BCUT2D eigenvalue weighted by molar-refractivity contribution is 5.93. The van der Waals surface area contributed by atoms with Gasteiger partial charge < -0.3 is 15.5 Å². The highest BCUT2D eigenvalue weighted by Crippen LogP contribution is 2.35. The van der Waals surface area contributed by atoms with E-state index in [9.17, 15) is 9.90 Å². The zero-order chi connectivity index (χ0) is 13.9. The molecule has 5 heteroatoms. The lowest BCUT2D eigenvalue weighted by Gasteiger charge is -2.40. The fourth-order valence-corrected chi connectivity index (χ4v) is 2.92. The predicted octanol–water partition coefficient (Wildman–Crippen LogP) is 2.13. The molecule has 1 aliphatic rings. The topological polar surface area (TPSA) is 82.5 Å². The van der Waals surface area contributed by atoms with Gasteiger partial charge in [0.05, 0.1) is 17.8 Å². The molecule has 2 rings (SSSR count). The Morgan fingerprint density at radius 1 is 1.63 bits per heavy atom. The van der Waals surface area contributed by atoms with Crippen LogP contribution in [0.3, 0.4) is 0 Å². The number of carboxylic acids is 1. The Labute approximate surface area is 112 Å². The zero-order valence-electron chi connectivity index (χ0n) is 11.1. The number of aromatic carboxylic acids is 1. The summed E-state index contributed by atoms with van der Waals surface area (Å²) in [5, 5.41) is 22.1. The minimum Gasteiger partial charge on any atom is -0.478 e. The van der Waals surface area contributed by atoms with Crippen LogP contribution in [-0.4, -0.2) is 33.3 Å². The van der Waals surface area contributed by atoms with Gasteiger partial charge in [-0.1, -0.05) is 19.8 Å². The number of aromatic nitrogens is 1. The van der Waals surface area contributed by atoms with Gasteiger partial charge in [0.1, 0.15) is 5.56 Å². The Balaban J connectivity index is 2.25. The van der Waals surface area contributed by atoms with Crippen LogP contribution in [0.15, 0.2) is 18.5 Å². The van der Waals surface area contributed by atoms with E-state index in [0.29, 0.717) is 11.6 Å². The molecule has 0 spiro atoms. The molecule has 1 aliphatic carbocycles. The van der Waals surface area contributed by atoms with Gasteiger partial charge in [0.2, 0.25) is 0 Å². The van der Waals surface area contributed by atoms with Crippen molar-refractivity contribution < 1.29 is 15.0 Å². The summed E-state index contributed by atoms with van der Waals surface area (Å²) in [7, 11) is 0. The first-order valence-electron chi connectivity index (χ1n) is 6.63. The number of carbonyl (C=O) groups is 1. The molecular weight excluding hydrogens is 244 g/mol. The average Bonchev–Trinajstić information content (AvgIpc) is 2.39. The van der Waals surface area contributed by atoms with Crippen molar-refractivity contribution in [2.75, 3.05) is 11.9 Å². The molecule has 1 heterocycles. The van der Waals surface area contributed by atoms with Gasteiger partial charge in [-0.25, -0.2) is 4.79 Å². The monoisotopic (exact) mass is 264 g/mol. The first kappa shape index (κ1) is 13.8. The van der Waals surface area contributed by atoms with Crippen molar-refractivity contribution in [3.8, 4) is 0 Å². The molecular formula is C14H20N2O3. The molecule has 0 radical (unpaired) electrons. The number of carboxylic acid groups (broad SMARTS) is 1. The normalized spacial score (nSPS) is 26.9. The quantitative estimate of drug-likeness (QED) is 0.776. The van der Waals surface area contributed by atoms with Crippen LogP contribution in [0.4, 0.5) is 5.69 Å². The van der Waals surface area contributed by atoms with Gasteiger partial charge in [-0.15, -0.1) is 0 Å². The number of aliphatic hydroxyl groups excluding tert-OH is 1. The van der Waals surface area contributed by atoms with Gasteiger partial charge in [0, 0.05) is 12.4 Å². The molecule has 1 fully saturated rings. The first-order chi connectivity index (χ1) is 9.06. The van der Waals surface area contributed by atoms with Crippen LogP contribution < -0.4 is 5.32 Å². The Kier molecular flexibility index (Phi) is 4.04. The van der Waals surface area contributed by atoms with Crippen molar-refractivity contribution >= 4 is 11.7 Å². The SMILES string of the molecule is CC1CCCC(CO)(Nc2ccncc2C(=O)O)C1. The summed E-state index contributed by atoms with van der Waals surface area (Å²) in [6.45, 7) is 2.18. The predicted molar refractivity (Wildman–Crippen MR) is 72.3 cm³/mol. The molecule has 0 aromatic carbocycles. The van der Waals surface area contributed by atoms with E-state index in [1.54, 1.807) is 12.3 Å². The smallest absolute Gasteiger partial charge is 0.339 e. The third-order valence-corrected chi connectivity index (χ3v) is 3.85. The average molecular weight is 264 g/mol. The van der Waals surface area contributed by atoms with Gasteiger partial charge in [-0.05, 0) is 24.8 Å².